The van der Waals surface area contributed by atoms with Gasteiger partial charge in [-0.15, -0.1) is 0 Å². The Morgan fingerprint density at radius 3 is 2.69 bits per heavy atom. The molecular weight excluding hydrogens is 374 g/mol. The minimum absolute atomic E-state index is 0.00696. The number of sulfonamides is 1. The maximum absolute atomic E-state index is 12.3. The number of amides is 1. The molecule has 1 N–H and O–H groups in total. The van der Waals surface area contributed by atoms with Gasteiger partial charge in [0.1, 0.15) is 11.8 Å². The number of nitrogens with zero attached hydrogens (tertiary/aromatic N) is 1. The lowest BCUT2D eigenvalue weighted by Crippen LogP contribution is -2.41. The molecule has 1 aromatic rings. The number of carbonyl (C=O) groups excluding carboxylic acids is 2. The molecule has 1 amide bonds. The molecule has 0 spiro atoms. The molecule has 11 heteroatoms. The fourth-order valence-electron chi connectivity index (χ4n) is 2.56. The van der Waals surface area contributed by atoms with Gasteiger partial charge < -0.3 is 14.8 Å². The summed E-state index contributed by atoms with van der Waals surface area (Å²) in [5.74, 6) is -1.84. The summed E-state index contributed by atoms with van der Waals surface area (Å²) < 4.78 is 58.1. The van der Waals surface area contributed by atoms with Gasteiger partial charge in [-0.1, -0.05) is 12.1 Å². The summed E-state index contributed by atoms with van der Waals surface area (Å²) in [5, 5.41) is 2.30. The molecule has 1 unspecified atom stereocenters. The molecule has 8 nitrogen and oxygen atoms in total. The molecule has 0 saturated carbocycles. The predicted octanol–water partition coefficient (Wildman–Crippen LogP) is 1.19. The van der Waals surface area contributed by atoms with Crippen molar-refractivity contribution in [1.82, 2.24) is 4.31 Å². The van der Waals surface area contributed by atoms with Crippen LogP contribution in [0.3, 0.4) is 0 Å². The van der Waals surface area contributed by atoms with Crippen LogP contribution in [0.15, 0.2) is 24.3 Å². The average Bonchev–Trinajstić information content (AvgIpc) is 3.04. The monoisotopic (exact) mass is 392 g/mol. The third kappa shape index (κ3) is 5.36. The lowest BCUT2D eigenvalue weighted by Gasteiger charge is -2.20. The van der Waals surface area contributed by atoms with Gasteiger partial charge >= 0.3 is 12.6 Å². The van der Waals surface area contributed by atoms with Crippen molar-refractivity contribution in [3.05, 3.63) is 24.3 Å². The van der Waals surface area contributed by atoms with Crippen molar-refractivity contribution in [2.24, 2.45) is 0 Å². The quantitative estimate of drug-likeness (QED) is 0.700. The van der Waals surface area contributed by atoms with Gasteiger partial charge in [0.05, 0.1) is 11.9 Å². The number of hydrogen-bond acceptors (Lipinski definition) is 6. The van der Waals surface area contributed by atoms with Crippen molar-refractivity contribution in [1.29, 1.82) is 0 Å². The lowest BCUT2D eigenvalue weighted by molar-refractivity contribution is -0.150. The summed E-state index contributed by atoms with van der Waals surface area (Å²) in [7, 11) is -3.56. The number of ether oxygens (including phenoxy) is 2. The molecule has 1 aliphatic heterocycles. The molecule has 0 aromatic heterocycles. The second kappa shape index (κ2) is 8.41. The number of para-hydroxylation sites is 2. The zero-order valence-corrected chi connectivity index (χ0v) is 14.7. The third-order valence-corrected chi connectivity index (χ3v) is 4.91. The van der Waals surface area contributed by atoms with Gasteiger partial charge in [-0.25, -0.2) is 8.42 Å². The molecule has 26 heavy (non-hydrogen) atoms. The first kappa shape index (κ1) is 20.0. The van der Waals surface area contributed by atoms with Gasteiger partial charge in [0, 0.05) is 6.54 Å². The van der Waals surface area contributed by atoms with Crippen LogP contribution < -0.4 is 10.1 Å². The second-order valence-corrected chi connectivity index (χ2v) is 7.50. The van der Waals surface area contributed by atoms with E-state index in [1.165, 1.54) is 24.3 Å². The molecule has 1 fully saturated rings. The standard InChI is InChI=1S/C15H18F2N2O6S/c1-26(22,23)19-8-4-6-11(19)14(21)24-9-13(20)18-10-5-2-3-7-12(10)25-15(16)17/h2-3,5,7,11,15H,4,6,8-9H2,1H3,(H,18,20). The van der Waals surface area contributed by atoms with E-state index in [-0.39, 0.29) is 18.0 Å². The smallest absolute Gasteiger partial charge is 0.387 e. The number of carbonyl (C=O) groups is 2. The van der Waals surface area contributed by atoms with Crippen molar-refractivity contribution in [3.63, 3.8) is 0 Å². The molecule has 1 aliphatic rings. The van der Waals surface area contributed by atoms with E-state index >= 15 is 0 Å². The van der Waals surface area contributed by atoms with Gasteiger partial charge in [-0.05, 0) is 25.0 Å². The topological polar surface area (TPSA) is 102 Å². The number of alkyl halides is 2. The van der Waals surface area contributed by atoms with Crippen LogP contribution in [0.2, 0.25) is 0 Å². The Morgan fingerprint density at radius 1 is 1.35 bits per heavy atom. The van der Waals surface area contributed by atoms with Gasteiger partial charge in [0.15, 0.2) is 6.61 Å². The molecule has 144 valence electrons. The molecule has 1 heterocycles. The molecule has 1 saturated heterocycles. The largest absolute Gasteiger partial charge is 0.454 e. The first-order valence-corrected chi connectivity index (χ1v) is 9.50. The summed E-state index contributed by atoms with van der Waals surface area (Å²) in [4.78, 5) is 23.9. The number of rotatable bonds is 7. The molecule has 2 rings (SSSR count). The van der Waals surface area contributed by atoms with Crippen molar-refractivity contribution < 1.29 is 36.3 Å². The fraction of sp³-hybridized carbons (Fsp3) is 0.467. The van der Waals surface area contributed by atoms with Crippen molar-refractivity contribution >= 4 is 27.6 Å². The number of benzene rings is 1. The molecular formula is C15H18F2N2O6S. The fourth-order valence-corrected chi connectivity index (χ4v) is 3.67. The highest BCUT2D eigenvalue weighted by Crippen LogP contribution is 2.25. The number of hydrogen-bond donors (Lipinski definition) is 1. The van der Waals surface area contributed by atoms with Crippen LogP contribution in [-0.2, 0) is 24.3 Å². The van der Waals surface area contributed by atoms with E-state index in [0.29, 0.717) is 12.8 Å². The first-order chi connectivity index (χ1) is 12.2. The zero-order valence-electron chi connectivity index (χ0n) is 13.9. The van der Waals surface area contributed by atoms with Gasteiger partial charge in [0.25, 0.3) is 5.91 Å². The molecule has 1 aromatic carbocycles. The lowest BCUT2D eigenvalue weighted by atomic mass is 10.2. The molecule has 0 bridgehead atoms. The minimum Gasteiger partial charge on any atom is -0.454 e. The number of halogens is 2. The first-order valence-electron chi connectivity index (χ1n) is 7.65. The van der Waals surface area contributed by atoms with E-state index in [0.717, 1.165) is 10.6 Å². The van der Waals surface area contributed by atoms with E-state index < -0.39 is 41.2 Å². The molecule has 0 aliphatic carbocycles. The summed E-state index contributed by atoms with van der Waals surface area (Å²) >= 11 is 0. The summed E-state index contributed by atoms with van der Waals surface area (Å²) in [6.07, 6.45) is 1.81. The Kier molecular flexibility index (Phi) is 6.48. The highest BCUT2D eigenvalue weighted by Gasteiger charge is 2.37. The van der Waals surface area contributed by atoms with E-state index in [1.807, 2.05) is 0 Å². The summed E-state index contributed by atoms with van der Waals surface area (Å²) in [5.41, 5.74) is -0.00696. The Labute approximate surface area is 149 Å². The van der Waals surface area contributed by atoms with Crippen LogP contribution in [0.4, 0.5) is 14.5 Å². The Bertz CT molecular complexity index is 771. The zero-order chi connectivity index (χ0) is 19.3. The normalized spacial score (nSPS) is 17.9. The van der Waals surface area contributed by atoms with Gasteiger partial charge in [0.2, 0.25) is 10.0 Å². The number of anilines is 1. The van der Waals surface area contributed by atoms with E-state index in [4.69, 9.17) is 4.74 Å². The van der Waals surface area contributed by atoms with Crippen molar-refractivity contribution in [2.75, 3.05) is 24.7 Å². The van der Waals surface area contributed by atoms with Crippen LogP contribution in [0, 0.1) is 0 Å². The SMILES string of the molecule is CS(=O)(=O)N1CCCC1C(=O)OCC(=O)Nc1ccccc1OC(F)F. The highest BCUT2D eigenvalue weighted by atomic mass is 32.2. The Hall–Kier alpha value is -2.27. The van der Waals surface area contributed by atoms with Gasteiger partial charge in [-0.3, -0.25) is 9.59 Å². The van der Waals surface area contributed by atoms with Crippen LogP contribution >= 0.6 is 0 Å². The van der Waals surface area contributed by atoms with Crippen LogP contribution in [0.5, 0.6) is 5.75 Å². The molecule has 0 radical (unpaired) electrons. The van der Waals surface area contributed by atoms with Crippen LogP contribution in [0.25, 0.3) is 0 Å². The Morgan fingerprint density at radius 2 is 2.04 bits per heavy atom. The summed E-state index contributed by atoms with van der Waals surface area (Å²) in [6.45, 7) is -3.53. The van der Waals surface area contributed by atoms with Crippen molar-refractivity contribution in [2.45, 2.75) is 25.5 Å². The van der Waals surface area contributed by atoms with E-state index in [9.17, 15) is 26.8 Å². The second-order valence-electron chi connectivity index (χ2n) is 5.56. The number of nitrogens with one attached hydrogen (secondary N) is 1. The minimum atomic E-state index is -3.56. The van der Waals surface area contributed by atoms with E-state index in [2.05, 4.69) is 10.1 Å². The third-order valence-electron chi connectivity index (χ3n) is 3.62. The summed E-state index contributed by atoms with van der Waals surface area (Å²) in [6, 6.07) is 4.58. The molecule has 1 atom stereocenters. The highest BCUT2D eigenvalue weighted by molar-refractivity contribution is 7.88. The van der Waals surface area contributed by atoms with Crippen LogP contribution in [0.1, 0.15) is 12.8 Å². The van der Waals surface area contributed by atoms with E-state index in [1.54, 1.807) is 0 Å². The van der Waals surface area contributed by atoms with Crippen molar-refractivity contribution in [3.8, 4) is 5.75 Å². The predicted molar refractivity (Wildman–Crippen MR) is 87.2 cm³/mol. The van der Waals surface area contributed by atoms with Crippen LogP contribution in [-0.4, -0.2) is 56.7 Å². The maximum atomic E-state index is 12.3. The maximum Gasteiger partial charge on any atom is 0.387 e. The Balaban J connectivity index is 1.92. The average molecular weight is 392 g/mol. The van der Waals surface area contributed by atoms with Gasteiger partial charge in [-0.2, -0.15) is 13.1 Å². The number of esters is 1.